The summed E-state index contributed by atoms with van der Waals surface area (Å²) in [5, 5.41) is 3.15. The Kier molecular flexibility index (Phi) is 9.73. The van der Waals surface area contributed by atoms with Crippen molar-refractivity contribution >= 4 is 39.1 Å². The minimum Gasteiger partial charge on any atom is -0.352 e. The number of nitrogens with zero attached hydrogens (tertiary/aromatic N) is 2. The summed E-state index contributed by atoms with van der Waals surface area (Å²) in [7, 11) is -3.82. The Morgan fingerprint density at radius 2 is 1.61 bits per heavy atom. The van der Waals surface area contributed by atoms with Gasteiger partial charge in [-0.15, -0.1) is 0 Å². The number of halogens is 1. The third kappa shape index (κ3) is 7.47. The Morgan fingerprint density at radius 1 is 1.00 bits per heavy atom. The number of benzene rings is 2. The van der Waals surface area contributed by atoms with E-state index in [0.29, 0.717) is 6.42 Å². The number of nitrogens with one attached hydrogen (secondary N) is 1. The van der Waals surface area contributed by atoms with E-state index in [1.54, 1.807) is 24.3 Å². The molecule has 9 heteroatoms. The Morgan fingerprint density at radius 3 is 2.15 bits per heavy atom. The maximum atomic E-state index is 13.5. The molecule has 0 bridgehead atoms. The number of sulfonamides is 1. The van der Waals surface area contributed by atoms with Gasteiger partial charge in [-0.1, -0.05) is 67.9 Å². The van der Waals surface area contributed by atoms with E-state index in [1.165, 1.54) is 4.90 Å². The molecule has 0 saturated heterocycles. The van der Waals surface area contributed by atoms with Crippen LogP contribution >= 0.6 is 11.6 Å². The van der Waals surface area contributed by atoms with Gasteiger partial charge < -0.3 is 10.2 Å². The fourth-order valence-corrected chi connectivity index (χ4v) is 4.54. The van der Waals surface area contributed by atoms with E-state index < -0.39 is 28.5 Å². The van der Waals surface area contributed by atoms with Crippen LogP contribution in [0.25, 0.3) is 0 Å². The van der Waals surface area contributed by atoms with Crippen LogP contribution < -0.4 is 9.62 Å². The molecule has 0 radical (unpaired) electrons. The molecule has 0 saturated carbocycles. The van der Waals surface area contributed by atoms with Gasteiger partial charge >= 0.3 is 0 Å². The normalized spacial score (nSPS) is 13.1. The molecule has 0 unspecified atom stereocenters. The first kappa shape index (κ1) is 26.7. The monoisotopic (exact) mass is 493 g/mol. The number of hydrogen-bond acceptors (Lipinski definition) is 4. The minimum absolute atomic E-state index is 0.0455. The number of carbonyl (C=O) groups excluding carboxylic acids is 2. The molecule has 0 heterocycles. The molecule has 2 atom stereocenters. The number of hydrogen-bond donors (Lipinski definition) is 1. The summed E-state index contributed by atoms with van der Waals surface area (Å²) < 4.78 is 26.1. The standard InChI is InChI=1S/C24H32ClN3O4S/c1-5-18(3)26-24(30)21(6-2)27(16-19-12-8-7-9-13-19)23(29)17-28(33(4,31)32)22-15-11-10-14-20(22)25/h7-15,18,21H,5-6,16-17H2,1-4H3,(H,26,30)/t18-,21-/m1/s1. The fourth-order valence-electron chi connectivity index (χ4n) is 3.39. The summed E-state index contributed by atoms with van der Waals surface area (Å²) in [5.41, 5.74) is 1.05. The average Bonchev–Trinajstić information content (AvgIpc) is 2.77. The predicted octanol–water partition coefficient (Wildman–Crippen LogP) is 3.83. The van der Waals surface area contributed by atoms with Crippen LogP contribution in [0.2, 0.25) is 5.02 Å². The van der Waals surface area contributed by atoms with Gasteiger partial charge in [-0.2, -0.15) is 0 Å². The predicted molar refractivity (Wildman–Crippen MR) is 133 cm³/mol. The van der Waals surface area contributed by atoms with Crippen LogP contribution in [-0.2, 0) is 26.2 Å². The van der Waals surface area contributed by atoms with Crippen molar-refractivity contribution in [2.45, 2.75) is 52.2 Å². The molecule has 0 fully saturated rings. The molecule has 0 aliphatic rings. The lowest BCUT2D eigenvalue weighted by Crippen LogP contribution is -2.53. The first-order valence-corrected chi connectivity index (χ1v) is 13.2. The van der Waals surface area contributed by atoms with E-state index >= 15 is 0 Å². The van der Waals surface area contributed by atoms with Crippen molar-refractivity contribution in [3.8, 4) is 0 Å². The molecule has 2 rings (SSSR count). The van der Waals surface area contributed by atoms with Crippen LogP contribution in [0.3, 0.4) is 0 Å². The highest BCUT2D eigenvalue weighted by Crippen LogP contribution is 2.27. The summed E-state index contributed by atoms with van der Waals surface area (Å²) in [5.74, 6) is -0.755. The molecule has 2 amide bonds. The summed E-state index contributed by atoms with van der Waals surface area (Å²) in [6.45, 7) is 5.40. The first-order valence-electron chi connectivity index (χ1n) is 10.9. The Balaban J connectivity index is 2.42. The second-order valence-corrected chi connectivity index (χ2v) is 10.3. The molecule has 33 heavy (non-hydrogen) atoms. The van der Waals surface area contributed by atoms with Gasteiger partial charge in [0.15, 0.2) is 0 Å². The molecule has 0 aliphatic carbocycles. The zero-order chi connectivity index (χ0) is 24.6. The molecule has 1 N–H and O–H groups in total. The summed E-state index contributed by atoms with van der Waals surface area (Å²) in [6, 6.07) is 14.9. The topological polar surface area (TPSA) is 86.8 Å². The number of anilines is 1. The summed E-state index contributed by atoms with van der Waals surface area (Å²) in [4.78, 5) is 28.0. The Labute approximate surface area is 201 Å². The van der Waals surface area contributed by atoms with E-state index in [1.807, 2.05) is 51.1 Å². The highest BCUT2D eigenvalue weighted by Gasteiger charge is 2.32. The van der Waals surface area contributed by atoms with Crippen LogP contribution in [0, 0.1) is 0 Å². The molecule has 0 spiro atoms. The van der Waals surface area contributed by atoms with Crippen LogP contribution in [0.4, 0.5) is 5.69 Å². The fraction of sp³-hybridized carbons (Fsp3) is 0.417. The minimum atomic E-state index is -3.82. The van der Waals surface area contributed by atoms with Crippen LogP contribution in [0.15, 0.2) is 54.6 Å². The number of carbonyl (C=O) groups is 2. The zero-order valence-corrected chi connectivity index (χ0v) is 21.1. The smallest absolute Gasteiger partial charge is 0.244 e. The van der Waals surface area contributed by atoms with Crippen molar-refractivity contribution < 1.29 is 18.0 Å². The van der Waals surface area contributed by atoms with Gasteiger partial charge in [-0.25, -0.2) is 8.42 Å². The van der Waals surface area contributed by atoms with Crippen molar-refractivity contribution in [1.29, 1.82) is 0 Å². The summed E-state index contributed by atoms with van der Waals surface area (Å²) in [6.07, 6.45) is 2.16. The third-order valence-electron chi connectivity index (χ3n) is 5.38. The van der Waals surface area contributed by atoms with Gasteiger partial charge in [0.25, 0.3) is 0 Å². The van der Waals surface area contributed by atoms with E-state index in [4.69, 9.17) is 11.6 Å². The molecular weight excluding hydrogens is 462 g/mol. The maximum absolute atomic E-state index is 13.5. The summed E-state index contributed by atoms with van der Waals surface area (Å²) >= 11 is 6.24. The highest BCUT2D eigenvalue weighted by atomic mass is 35.5. The van der Waals surface area contributed by atoms with E-state index in [9.17, 15) is 18.0 Å². The number of para-hydroxylation sites is 1. The zero-order valence-electron chi connectivity index (χ0n) is 19.5. The van der Waals surface area contributed by atoms with Crippen LogP contribution in [0.5, 0.6) is 0 Å². The Hall–Kier alpha value is -2.58. The van der Waals surface area contributed by atoms with Gasteiger partial charge in [0.1, 0.15) is 12.6 Å². The Bertz CT molecular complexity index is 1050. The molecule has 0 aromatic heterocycles. The van der Waals surface area contributed by atoms with Gasteiger partial charge in [0, 0.05) is 12.6 Å². The molecule has 2 aromatic rings. The quantitative estimate of drug-likeness (QED) is 0.515. The lowest BCUT2D eigenvalue weighted by atomic mass is 10.1. The molecule has 0 aliphatic heterocycles. The average molecular weight is 494 g/mol. The lowest BCUT2D eigenvalue weighted by molar-refractivity contribution is -0.140. The number of amides is 2. The number of rotatable bonds is 11. The van der Waals surface area contributed by atoms with Gasteiger partial charge in [0.2, 0.25) is 21.8 Å². The molecule has 7 nitrogen and oxygen atoms in total. The van der Waals surface area contributed by atoms with Crippen molar-refractivity contribution in [2.24, 2.45) is 0 Å². The second kappa shape index (κ2) is 12.0. The van der Waals surface area contributed by atoms with Crippen molar-refractivity contribution in [3.63, 3.8) is 0 Å². The van der Waals surface area contributed by atoms with Crippen LogP contribution in [-0.4, -0.2) is 50.0 Å². The lowest BCUT2D eigenvalue weighted by Gasteiger charge is -2.33. The second-order valence-electron chi connectivity index (χ2n) is 7.97. The van der Waals surface area contributed by atoms with Crippen LogP contribution in [0.1, 0.15) is 39.2 Å². The van der Waals surface area contributed by atoms with E-state index in [0.717, 1.165) is 22.5 Å². The van der Waals surface area contributed by atoms with Gasteiger partial charge in [-0.3, -0.25) is 13.9 Å². The molecular formula is C24H32ClN3O4S. The first-order chi connectivity index (χ1) is 15.6. The highest BCUT2D eigenvalue weighted by molar-refractivity contribution is 7.92. The SMILES string of the molecule is CC[C@@H](C)NC(=O)[C@@H](CC)N(Cc1ccccc1)C(=O)CN(c1ccccc1Cl)S(C)(=O)=O. The van der Waals surface area contributed by atoms with Gasteiger partial charge in [0.05, 0.1) is 17.0 Å². The van der Waals surface area contributed by atoms with E-state index in [-0.39, 0.29) is 29.2 Å². The largest absolute Gasteiger partial charge is 0.352 e. The van der Waals surface area contributed by atoms with Gasteiger partial charge in [-0.05, 0) is 37.5 Å². The third-order valence-corrected chi connectivity index (χ3v) is 6.83. The van der Waals surface area contributed by atoms with Crippen molar-refractivity contribution in [1.82, 2.24) is 10.2 Å². The molecule has 2 aromatic carbocycles. The molecule has 180 valence electrons. The van der Waals surface area contributed by atoms with Crippen molar-refractivity contribution in [3.05, 3.63) is 65.2 Å². The van der Waals surface area contributed by atoms with E-state index in [2.05, 4.69) is 5.32 Å². The van der Waals surface area contributed by atoms with Crippen molar-refractivity contribution in [2.75, 3.05) is 17.1 Å². The maximum Gasteiger partial charge on any atom is 0.244 e.